The molecule has 1 aromatic rings. The molecule has 0 bridgehead atoms. The largest absolute Gasteiger partial charge is 0.496 e. The summed E-state index contributed by atoms with van der Waals surface area (Å²) in [4.78, 5) is 11.2. The summed E-state index contributed by atoms with van der Waals surface area (Å²) in [6, 6.07) is 5.84. The second-order valence-corrected chi connectivity index (χ2v) is 3.71. The van der Waals surface area contributed by atoms with Gasteiger partial charge in [-0.2, -0.15) is 0 Å². The molecule has 0 unspecified atom stereocenters. The first-order valence-corrected chi connectivity index (χ1v) is 5.50. The van der Waals surface area contributed by atoms with Gasteiger partial charge in [-0.15, -0.1) is 0 Å². The van der Waals surface area contributed by atoms with Crippen LogP contribution < -0.4 is 4.74 Å². The molecule has 0 atom stereocenters. The van der Waals surface area contributed by atoms with E-state index in [9.17, 15) is 4.79 Å². The fraction of sp³-hybridized carbons (Fsp3) is 0.364. The number of ether oxygens (including phenoxy) is 1. The molecule has 1 aromatic carbocycles. The monoisotopic (exact) mass is 256 g/mol. The van der Waals surface area contributed by atoms with E-state index in [1.165, 1.54) is 0 Å². The highest BCUT2D eigenvalue weighted by Crippen LogP contribution is 2.19. The third-order valence-electron chi connectivity index (χ3n) is 2.02. The van der Waals surface area contributed by atoms with Crippen molar-refractivity contribution >= 4 is 21.7 Å². The average Bonchev–Trinajstić information content (AvgIpc) is 2.20. The number of rotatable bonds is 4. The Balaban J connectivity index is 2.84. The van der Waals surface area contributed by atoms with Gasteiger partial charge in [0, 0.05) is 6.42 Å². The molecule has 14 heavy (non-hydrogen) atoms. The van der Waals surface area contributed by atoms with Gasteiger partial charge < -0.3 is 4.74 Å². The summed E-state index contributed by atoms with van der Waals surface area (Å²) in [5.74, 6) is 1.01. The van der Waals surface area contributed by atoms with Crippen molar-refractivity contribution in [1.82, 2.24) is 0 Å². The number of carbonyl (C=O) groups excluding carboxylic acids is 1. The second-order valence-electron chi connectivity index (χ2n) is 3.15. The van der Waals surface area contributed by atoms with E-state index >= 15 is 0 Å². The third kappa shape index (κ3) is 2.84. The highest BCUT2D eigenvalue weighted by Gasteiger charge is 2.04. The molecule has 0 fully saturated rings. The summed E-state index contributed by atoms with van der Waals surface area (Å²) in [5, 5.41) is 0.406. The van der Waals surface area contributed by atoms with Crippen molar-refractivity contribution < 1.29 is 9.53 Å². The zero-order valence-corrected chi connectivity index (χ0v) is 9.93. The van der Waals surface area contributed by atoms with E-state index in [4.69, 9.17) is 4.74 Å². The lowest BCUT2D eigenvalue weighted by molar-refractivity contribution is -0.115. The highest BCUT2D eigenvalue weighted by molar-refractivity contribution is 9.09. The lowest BCUT2D eigenvalue weighted by Crippen LogP contribution is -2.03. The topological polar surface area (TPSA) is 26.3 Å². The van der Waals surface area contributed by atoms with Gasteiger partial charge >= 0.3 is 0 Å². The Morgan fingerprint density at radius 1 is 1.50 bits per heavy atom. The smallest absolute Gasteiger partial charge is 0.147 e. The molecule has 0 spiro atoms. The highest BCUT2D eigenvalue weighted by atomic mass is 79.9. The number of hydrogen-bond donors (Lipinski definition) is 0. The summed E-state index contributed by atoms with van der Waals surface area (Å²) in [6.07, 6.45) is 0.460. The Bertz CT molecular complexity index is 334. The normalized spacial score (nSPS) is 9.93. The van der Waals surface area contributed by atoms with Crippen molar-refractivity contribution in [2.24, 2.45) is 0 Å². The minimum absolute atomic E-state index is 0.177. The van der Waals surface area contributed by atoms with Crippen LogP contribution in [-0.4, -0.2) is 18.2 Å². The third-order valence-corrected chi connectivity index (χ3v) is 2.65. The minimum atomic E-state index is 0.177. The molecule has 0 aliphatic heterocycles. The molecule has 0 aliphatic rings. The van der Waals surface area contributed by atoms with E-state index in [1.54, 1.807) is 7.11 Å². The van der Waals surface area contributed by atoms with Crippen LogP contribution in [0.25, 0.3) is 0 Å². The summed E-state index contributed by atoms with van der Waals surface area (Å²) in [6.45, 7) is 1.98. The van der Waals surface area contributed by atoms with Gasteiger partial charge in [0.1, 0.15) is 11.5 Å². The van der Waals surface area contributed by atoms with E-state index in [0.29, 0.717) is 11.8 Å². The Hall–Kier alpha value is -0.830. The quantitative estimate of drug-likeness (QED) is 0.775. The van der Waals surface area contributed by atoms with E-state index < -0.39 is 0 Å². The Morgan fingerprint density at radius 3 is 2.79 bits per heavy atom. The Labute approximate surface area is 92.4 Å². The molecule has 0 saturated carbocycles. The van der Waals surface area contributed by atoms with Gasteiger partial charge in [0.05, 0.1) is 12.4 Å². The standard InChI is InChI=1S/C11H13BrO2/c1-8-3-4-9(5-10(13)7-12)6-11(8)14-2/h3-4,6H,5,7H2,1-2H3. The molecule has 1 rings (SSSR count). The number of alkyl halides is 1. The Morgan fingerprint density at radius 2 is 2.21 bits per heavy atom. The molecule has 0 heterocycles. The molecule has 76 valence electrons. The van der Waals surface area contributed by atoms with Crippen LogP contribution in [0.1, 0.15) is 11.1 Å². The number of methoxy groups -OCH3 is 1. The number of carbonyl (C=O) groups is 1. The predicted octanol–water partition coefficient (Wildman–Crippen LogP) is 2.51. The van der Waals surface area contributed by atoms with Gasteiger partial charge in [0.15, 0.2) is 0 Å². The molecule has 0 N–H and O–H groups in total. The second kappa shape index (κ2) is 5.15. The first kappa shape index (κ1) is 11.2. The maximum absolute atomic E-state index is 11.2. The van der Waals surface area contributed by atoms with Crippen LogP contribution in [-0.2, 0) is 11.2 Å². The van der Waals surface area contributed by atoms with Crippen molar-refractivity contribution in [3.05, 3.63) is 29.3 Å². The summed E-state index contributed by atoms with van der Waals surface area (Å²) in [7, 11) is 1.64. The van der Waals surface area contributed by atoms with E-state index in [1.807, 2.05) is 25.1 Å². The summed E-state index contributed by atoms with van der Waals surface area (Å²) >= 11 is 3.14. The van der Waals surface area contributed by atoms with Crippen LogP contribution in [0.15, 0.2) is 18.2 Å². The number of aryl methyl sites for hydroxylation is 1. The van der Waals surface area contributed by atoms with Crippen LogP contribution >= 0.6 is 15.9 Å². The van der Waals surface area contributed by atoms with Crippen molar-refractivity contribution in [2.75, 3.05) is 12.4 Å². The van der Waals surface area contributed by atoms with Gasteiger partial charge in [-0.3, -0.25) is 4.79 Å². The molecule has 0 radical (unpaired) electrons. The van der Waals surface area contributed by atoms with Crippen molar-refractivity contribution in [3.63, 3.8) is 0 Å². The van der Waals surface area contributed by atoms with E-state index in [-0.39, 0.29) is 5.78 Å². The molecular formula is C11H13BrO2. The SMILES string of the molecule is COc1cc(CC(=O)CBr)ccc1C. The maximum Gasteiger partial charge on any atom is 0.147 e. The number of hydrogen-bond acceptors (Lipinski definition) is 2. The molecule has 0 aromatic heterocycles. The van der Waals surface area contributed by atoms with Crippen LogP contribution in [0.2, 0.25) is 0 Å². The predicted molar refractivity (Wildman–Crippen MR) is 60.2 cm³/mol. The first-order valence-electron chi connectivity index (χ1n) is 4.38. The number of Topliss-reactive ketones (excluding diaryl/α,β-unsaturated/α-hetero) is 1. The molecule has 2 nitrogen and oxygen atoms in total. The van der Waals surface area contributed by atoms with Crippen LogP contribution in [0.4, 0.5) is 0 Å². The first-order chi connectivity index (χ1) is 6.67. The van der Waals surface area contributed by atoms with Gasteiger partial charge in [0.25, 0.3) is 0 Å². The maximum atomic E-state index is 11.2. The zero-order chi connectivity index (χ0) is 10.6. The fourth-order valence-corrected chi connectivity index (χ4v) is 1.45. The molecule has 3 heteroatoms. The van der Waals surface area contributed by atoms with Crippen LogP contribution in [0, 0.1) is 6.92 Å². The lowest BCUT2D eigenvalue weighted by Gasteiger charge is -2.06. The number of benzene rings is 1. The van der Waals surface area contributed by atoms with Crippen molar-refractivity contribution in [2.45, 2.75) is 13.3 Å². The zero-order valence-electron chi connectivity index (χ0n) is 8.34. The van der Waals surface area contributed by atoms with Crippen LogP contribution in [0.3, 0.4) is 0 Å². The number of ketones is 1. The number of halogens is 1. The molecule has 0 aliphatic carbocycles. The summed E-state index contributed by atoms with van der Waals surface area (Å²) < 4.78 is 5.18. The van der Waals surface area contributed by atoms with Crippen LogP contribution in [0.5, 0.6) is 5.75 Å². The van der Waals surface area contributed by atoms with Crippen molar-refractivity contribution in [1.29, 1.82) is 0 Å². The van der Waals surface area contributed by atoms with E-state index in [2.05, 4.69) is 15.9 Å². The van der Waals surface area contributed by atoms with Gasteiger partial charge in [0.2, 0.25) is 0 Å². The van der Waals surface area contributed by atoms with E-state index in [0.717, 1.165) is 16.9 Å². The average molecular weight is 257 g/mol. The van der Waals surface area contributed by atoms with Crippen molar-refractivity contribution in [3.8, 4) is 5.75 Å². The molecular weight excluding hydrogens is 244 g/mol. The Kier molecular flexibility index (Phi) is 4.14. The lowest BCUT2D eigenvalue weighted by atomic mass is 10.1. The summed E-state index contributed by atoms with van der Waals surface area (Å²) in [5.41, 5.74) is 2.08. The van der Waals surface area contributed by atoms with Gasteiger partial charge in [-0.25, -0.2) is 0 Å². The van der Waals surface area contributed by atoms with Gasteiger partial charge in [-0.1, -0.05) is 28.1 Å². The van der Waals surface area contributed by atoms with Gasteiger partial charge in [-0.05, 0) is 24.1 Å². The minimum Gasteiger partial charge on any atom is -0.496 e. The molecule has 0 saturated heterocycles. The fourth-order valence-electron chi connectivity index (χ4n) is 1.25. The molecule has 0 amide bonds.